The van der Waals surface area contributed by atoms with Gasteiger partial charge in [-0.2, -0.15) is 0 Å². The van der Waals surface area contributed by atoms with Crippen molar-refractivity contribution in [2.75, 3.05) is 44.7 Å². The molecule has 1 aliphatic rings. The number of halogens is 1. The molecular formula is C20H24BrN3O4. The van der Waals surface area contributed by atoms with Gasteiger partial charge in [-0.05, 0) is 58.7 Å². The molecule has 1 aromatic heterocycles. The minimum atomic E-state index is -0.323. The number of anilines is 1. The Hall–Kier alpha value is -2.16. The normalized spacial score (nSPS) is 14.6. The van der Waals surface area contributed by atoms with Crippen LogP contribution >= 0.6 is 15.9 Å². The van der Waals surface area contributed by atoms with Gasteiger partial charge in [-0.3, -0.25) is 14.5 Å². The monoisotopic (exact) mass is 449 g/mol. The highest BCUT2D eigenvalue weighted by molar-refractivity contribution is 9.10. The number of benzene rings is 1. The molecule has 2 aromatic rings. The molecule has 7 nitrogen and oxygen atoms in total. The summed E-state index contributed by atoms with van der Waals surface area (Å²) in [5, 5.41) is 5.72. The second-order valence-electron chi connectivity index (χ2n) is 6.59. The van der Waals surface area contributed by atoms with E-state index in [9.17, 15) is 9.59 Å². The molecule has 0 unspecified atom stereocenters. The van der Waals surface area contributed by atoms with Crippen molar-refractivity contribution in [3.8, 4) is 0 Å². The lowest BCUT2D eigenvalue weighted by Gasteiger charge is -2.26. The van der Waals surface area contributed by atoms with Gasteiger partial charge < -0.3 is 19.8 Å². The maximum atomic E-state index is 12.1. The average Bonchev–Trinajstić information content (AvgIpc) is 3.14. The molecule has 2 amide bonds. The first-order valence-electron chi connectivity index (χ1n) is 9.32. The highest BCUT2D eigenvalue weighted by atomic mass is 79.9. The van der Waals surface area contributed by atoms with Gasteiger partial charge in [0.15, 0.2) is 10.4 Å². The molecule has 1 fully saturated rings. The van der Waals surface area contributed by atoms with Crippen LogP contribution in [0.15, 0.2) is 45.5 Å². The van der Waals surface area contributed by atoms with E-state index in [2.05, 4.69) is 31.5 Å². The van der Waals surface area contributed by atoms with Crippen molar-refractivity contribution in [3.05, 3.63) is 52.4 Å². The Bertz CT molecular complexity index is 785. The Kier molecular flexibility index (Phi) is 7.64. The standard InChI is InChI=1S/C20H24BrN3O4/c21-18-7-6-17(28-18)20(26)23-16-4-2-15(3-5-16)14-19(25)22-8-1-9-24-10-12-27-13-11-24/h2-7H,1,8-14H2,(H,22,25)(H,23,26). The number of amides is 2. The van der Waals surface area contributed by atoms with Crippen LogP contribution in [-0.4, -0.2) is 56.1 Å². The third-order valence-corrected chi connectivity index (χ3v) is 4.88. The fraction of sp³-hybridized carbons (Fsp3) is 0.400. The summed E-state index contributed by atoms with van der Waals surface area (Å²) in [6.07, 6.45) is 1.25. The lowest BCUT2D eigenvalue weighted by Crippen LogP contribution is -2.38. The molecule has 1 saturated heterocycles. The highest BCUT2D eigenvalue weighted by Gasteiger charge is 2.12. The van der Waals surface area contributed by atoms with E-state index in [1.807, 2.05) is 12.1 Å². The fourth-order valence-electron chi connectivity index (χ4n) is 2.94. The van der Waals surface area contributed by atoms with Gasteiger partial charge in [-0.1, -0.05) is 12.1 Å². The summed E-state index contributed by atoms with van der Waals surface area (Å²) in [6.45, 7) is 5.17. The molecule has 1 aromatic carbocycles. The van der Waals surface area contributed by atoms with Gasteiger partial charge in [0.2, 0.25) is 5.91 Å². The van der Waals surface area contributed by atoms with Gasteiger partial charge in [-0.25, -0.2) is 0 Å². The van der Waals surface area contributed by atoms with Crippen molar-refractivity contribution in [3.63, 3.8) is 0 Å². The zero-order valence-electron chi connectivity index (χ0n) is 15.6. The highest BCUT2D eigenvalue weighted by Crippen LogP contribution is 2.16. The molecule has 2 N–H and O–H groups in total. The molecule has 150 valence electrons. The molecule has 8 heteroatoms. The van der Waals surface area contributed by atoms with E-state index in [1.165, 1.54) is 0 Å². The largest absolute Gasteiger partial charge is 0.444 e. The number of hydrogen-bond acceptors (Lipinski definition) is 5. The van der Waals surface area contributed by atoms with Gasteiger partial charge >= 0.3 is 0 Å². The first-order chi connectivity index (χ1) is 13.6. The van der Waals surface area contributed by atoms with Crippen LogP contribution in [0.25, 0.3) is 0 Å². The summed E-state index contributed by atoms with van der Waals surface area (Å²) in [7, 11) is 0. The third-order valence-electron chi connectivity index (χ3n) is 4.45. The molecular weight excluding hydrogens is 426 g/mol. The molecule has 0 saturated carbocycles. The molecule has 0 atom stereocenters. The van der Waals surface area contributed by atoms with Crippen LogP contribution in [0, 0.1) is 0 Å². The number of ether oxygens (including phenoxy) is 1. The summed E-state index contributed by atoms with van der Waals surface area (Å²) in [5.41, 5.74) is 1.54. The number of morpholine rings is 1. The quantitative estimate of drug-likeness (QED) is 0.605. The summed E-state index contributed by atoms with van der Waals surface area (Å²) in [4.78, 5) is 26.5. The Morgan fingerprint density at radius 1 is 1.07 bits per heavy atom. The molecule has 28 heavy (non-hydrogen) atoms. The molecule has 1 aliphatic heterocycles. The zero-order valence-corrected chi connectivity index (χ0v) is 17.2. The van der Waals surface area contributed by atoms with Crippen molar-refractivity contribution >= 4 is 33.4 Å². The molecule has 0 radical (unpaired) electrons. The van der Waals surface area contributed by atoms with Crippen molar-refractivity contribution in [1.82, 2.24) is 10.2 Å². The van der Waals surface area contributed by atoms with E-state index in [4.69, 9.17) is 9.15 Å². The van der Waals surface area contributed by atoms with Gasteiger partial charge in [-0.15, -0.1) is 0 Å². The van der Waals surface area contributed by atoms with Gasteiger partial charge in [0.25, 0.3) is 5.91 Å². The van der Waals surface area contributed by atoms with Crippen LogP contribution in [0.1, 0.15) is 22.5 Å². The number of carbonyl (C=O) groups excluding carboxylic acids is 2. The van der Waals surface area contributed by atoms with Crippen LogP contribution in [-0.2, 0) is 16.0 Å². The van der Waals surface area contributed by atoms with Crippen LogP contribution < -0.4 is 10.6 Å². The first kappa shape index (κ1) is 20.6. The SMILES string of the molecule is O=C(Cc1ccc(NC(=O)c2ccc(Br)o2)cc1)NCCCN1CCOCC1. The minimum Gasteiger partial charge on any atom is -0.444 e. The van der Waals surface area contributed by atoms with Gasteiger partial charge in [0.05, 0.1) is 19.6 Å². The second-order valence-corrected chi connectivity index (χ2v) is 7.37. The van der Waals surface area contributed by atoms with Crippen molar-refractivity contribution in [1.29, 1.82) is 0 Å². The minimum absolute atomic E-state index is 0.000742. The number of rotatable bonds is 8. The van der Waals surface area contributed by atoms with Crippen LogP contribution in [0.2, 0.25) is 0 Å². The third kappa shape index (κ3) is 6.47. The Morgan fingerprint density at radius 2 is 1.82 bits per heavy atom. The van der Waals surface area contributed by atoms with Crippen molar-refractivity contribution < 1.29 is 18.7 Å². The van der Waals surface area contributed by atoms with E-state index >= 15 is 0 Å². The average molecular weight is 450 g/mol. The molecule has 0 spiro atoms. The molecule has 0 bridgehead atoms. The summed E-state index contributed by atoms with van der Waals surface area (Å²) in [6, 6.07) is 10.5. The number of nitrogens with zero attached hydrogens (tertiary/aromatic N) is 1. The molecule has 2 heterocycles. The Balaban J connectivity index is 1.37. The number of furan rings is 1. The molecule has 0 aliphatic carbocycles. The van der Waals surface area contributed by atoms with E-state index in [-0.39, 0.29) is 17.6 Å². The van der Waals surface area contributed by atoms with Gasteiger partial charge in [0.1, 0.15) is 0 Å². The maximum Gasteiger partial charge on any atom is 0.291 e. The number of hydrogen-bond donors (Lipinski definition) is 2. The predicted molar refractivity (Wildman–Crippen MR) is 109 cm³/mol. The smallest absolute Gasteiger partial charge is 0.291 e. The van der Waals surface area contributed by atoms with Crippen LogP contribution in [0.5, 0.6) is 0 Å². The van der Waals surface area contributed by atoms with E-state index < -0.39 is 0 Å². The zero-order chi connectivity index (χ0) is 19.8. The van der Waals surface area contributed by atoms with Crippen molar-refractivity contribution in [2.24, 2.45) is 0 Å². The summed E-state index contributed by atoms with van der Waals surface area (Å²) >= 11 is 3.17. The van der Waals surface area contributed by atoms with Crippen LogP contribution in [0.4, 0.5) is 5.69 Å². The topological polar surface area (TPSA) is 83.8 Å². The molecule has 3 rings (SSSR count). The van der Waals surface area contributed by atoms with Crippen molar-refractivity contribution in [2.45, 2.75) is 12.8 Å². The predicted octanol–water partition coefficient (Wildman–Crippen LogP) is 2.68. The summed E-state index contributed by atoms with van der Waals surface area (Å²) < 4.78 is 11.0. The van der Waals surface area contributed by atoms with Crippen LogP contribution in [0.3, 0.4) is 0 Å². The Labute approximate surface area is 172 Å². The maximum absolute atomic E-state index is 12.1. The number of carbonyl (C=O) groups is 2. The second kappa shape index (κ2) is 10.4. The lowest BCUT2D eigenvalue weighted by molar-refractivity contribution is -0.120. The Morgan fingerprint density at radius 3 is 2.50 bits per heavy atom. The van der Waals surface area contributed by atoms with E-state index in [0.29, 0.717) is 23.3 Å². The first-order valence-corrected chi connectivity index (χ1v) is 10.1. The fourth-order valence-corrected chi connectivity index (χ4v) is 3.24. The van der Waals surface area contributed by atoms with E-state index in [1.54, 1.807) is 24.3 Å². The lowest BCUT2D eigenvalue weighted by atomic mass is 10.1. The summed E-state index contributed by atoms with van der Waals surface area (Å²) in [5.74, 6) is -0.0944. The van der Waals surface area contributed by atoms with E-state index in [0.717, 1.165) is 44.8 Å². The number of nitrogens with one attached hydrogen (secondary N) is 2. The van der Waals surface area contributed by atoms with Gasteiger partial charge in [0, 0.05) is 25.3 Å².